The molecule has 1 unspecified atom stereocenters. The molecule has 1 aliphatic heterocycles. The van der Waals surface area contributed by atoms with Gasteiger partial charge in [-0.3, -0.25) is 14.7 Å². The second-order valence-electron chi connectivity index (χ2n) is 7.49. The number of hydrogen-bond donors (Lipinski definition) is 0. The van der Waals surface area contributed by atoms with Crippen LogP contribution < -0.4 is 0 Å². The second-order valence-corrected chi connectivity index (χ2v) is 8.40. The van der Waals surface area contributed by atoms with Gasteiger partial charge in [0.05, 0.1) is 23.0 Å². The van der Waals surface area contributed by atoms with Crippen LogP contribution >= 0.6 is 15.9 Å². The number of pyridine rings is 1. The highest BCUT2D eigenvalue weighted by atomic mass is 79.9. The van der Waals surface area contributed by atoms with E-state index in [-0.39, 0.29) is 17.9 Å². The van der Waals surface area contributed by atoms with E-state index in [1.807, 2.05) is 48.2 Å². The quantitative estimate of drug-likeness (QED) is 0.716. The van der Waals surface area contributed by atoms with Crippen molar-refractivity contribution in [2.24, 2.45) is 5.92 Å². The van der Waals surface area contributed by atoms with Crippen LogP contribution in [0.25, 0.3) is 11.3 Å². The summed E-state index contributed by atoms with van der Waals surface area (Å²) in [5, 5.41) is 9.39. The third-order valence-corrected chi connectivity index (χ3v) is 5.69. The van der Waals surface area contributed by atoms with Crippen LogP contribution in [0.2, 0.25) is 0 Å². The first-order valence-corrected chi connectivity index (χ1v) is 10.4. The molecule has 1 aromatic heterocycles. The molecule has 2 aromatic rings. The van der Waals surface area contributed by atoms with E-state index < -0.39 is 0 Å². The van der Waals surface area contributed by atoms with Crippen molar-refractivity contribution in [3.05, 3.63) is 52.1 Å². The van der Waals surface area contributed by atoms with Crippen LogP contribution in [0.4, 0.5) is 0 Å². The van der Waals surface area contributed by atoms with Gasteiger partial charge in [0.1, 0.15) is 6.04 Å². The van der Waals surface area contributed by atoms with Crippen LogP contribution in [0.15, 0.2) is 40.9 Å². The summed E-state index contributed by atoms with van der Waals surface area (Å²) in [7, 11) is 0. The van der Waals surface area contributed by atoms with E-state index in [9.17, 15) is 10.1 Å². The first-order valence-electron chi connectivity index (χ1n) is 9.57. The molecule has 1 fully saturated rings. The molecule has 1 amide bonds. The van der Waals surface area contributed by atoms with Crippen molar-refractivity contribution in [2.45, 2.75) is 26.8 Å². The van der Waals surface area contributed by atoms with E-state index in [0.29, 0.717) is 18.7 Å². The van der Waals surface area contributed by atoms with Crippen LogP contribution in [0.3, 0.4) is 0 Å². The largest absolute Gasteiger partial charge is 0.336 e. The zero-order valence-electron chi connectivity index (χ0n) is 16.5. The molecule has 0 radical (unpaired) electrons. The van der Waals surface area contributed by atoms with Crippen LogP contribution in [0, 0.1) is 24.2 Å². The number of aromatic nitrogens is 1. The lowest BCUT2D eigenvalue weighted by atomic mass is 10.0. The Bertz CT molecular complexity index is 898. The first-order chi connectivity index (χ1) is 13.4. The fourth-order valence-corrected chi connectivity index (χ4v) is 4.02. The minimum absolute atomic E-state index is 0.0171. The number of nitrogens with zero attached hydrogens (tertiary/aromatic N) is 4. The fourth-order valence-electron chi connectivity index (χ4n) is 3.62. The Morgan fingerprint density at radius 2 is 1.89 bits per heavy atom. The van der Waals surface area contributed by atoms with Gasteiger partial charge < -0.3 is 4.90 Å². The fraction of sp³-hybridized carbons (Fsp3) is 0.409. The molecule has 1 aromatic carbocycles. The maximum Gasteiger partial charge on any atom is 0.255 e. The smallest absolute Gasteiger partial charge is 0.255 e. The molecule has 1 saturated heterocycles. The minimum Gasteiger partial charge on any atom is -0.336 e. The summed E-state index contributed by atoms with van der Waals surface area (Å²) >= 11 is 3.48. The molecular weight excluding hydrogens is 416 g/mol. The monoisotopic (exact) mass is 440 g/mol. The van der Waals surface area contributed by atoms with Gasteiger partial charge in [0, 0.05) is 36.2 Å². The summed E-state index contributed by atoms with van der Waals surface area (Å²) in [5.41, 5.74) is 3.25. The van der Waals surface area contributed by atoms with Crippen LogP contribution in [-0.2, 0) is 0 Å². The lowest BCUT2D eigenvalue weighted by Crippen LogP contribution is -2.52. The van der Waals surface area contributed by atoms with E-state index in [1.165, 1.54) is 0 Å². The molecule has 0 saturated carbocycles. The number of piperazine rings is 1. The summed E-state index contributed by atoms with van der Waals surface area (Å²) in [6, 6.07) is 14.1. The molecule has 0 aliphatic carbocycles. The van der Waals surface area contributed by atoms with Crippen molar-refractivity contribution in [2.75, 3.05) is 26.2 Å². The molecule has 1 atom stereocenters. The maximum absolute atomic E-state index is 13.0. The summed E-state index contributed by atoms with van der Waals surface area (Å²) in [6.45, 7) is 8.73. The molecule has 6 heteroatoms. The summed E-state index contributed by atoms with van der Waals surface area (Å²) < 4.78 is 1.000. The SMILES string of the molecule is Cc1nc(-c2cccc(Br)c2)ccc1C(=O)N1CCN(C(C#N)C(C)C)CC1. The number of nitriles is 1. The number of halogens is 1. The predicted octanol–water partition coefficient (Wildman–Crippen LogP) is 4.13. The highest BCUT2D eigenvalue weighted by molar-refractivity contribution is 9.10. The molecule has 28 heavy (non-hydrogen) atoms. The number of aryl methyl sites for hydroxylation is 1. The van der Waals surface area contributed by atoms with E-state index in [0.717, 1.165) is 34.5 Å². The highest BCUT2D eigenvalue weighted by Crippen LogP contribution is 2.23. The van der Waals surface area contributed by atoms with Crippen LogP contribution in [0.5, 0.6) is 0 Å². The number of rotatable bonds is 4. The van der Waals surface area contributed by atoms with Gasteiger partial charge in [-0.25, -0.2) is 0 Å². The Balaban J connectivity index is 1.71. The minimum atomic E-state index is -0.0925. The normalized spacial score (nSPS) is 16.1. The lowest BCUT2D eigenvalue weighted by Gasteiger charge is -2.38. The van der Waals surface area contributed by atoms with Gasteiger partial charge in [0.25, 0.3) is 5.91 Å². The van der Waals surface area contributed by atoms with Crippen molar-refractivity contribution in [3.63, 3.8) is 0 Å². The van der Waals surface area contributed by atoms with E-state index >= 15 is 0 Å². The second kappa shape index (κ2) is 8.85. The first kappa shape index (κ1) is 20.5. The predicted molar refractivity (Wildman–Crippen MR) is 114 cm³/mol. The average Bonchev–Trinajstić information content (AvgIpc) is 2.68. The number of benzene rings is 1. The van der Waals surface area contributed by atoms with Gasteiger partial charge in [0.15, 0.2) is 0 Å². The van der Waals surface area contributed by atoms with Gasteiger partial charge in [-0.05, 0) is 37.1 Å². The molecule has 3 rings (SSSR count). The Labute approximate surface area is 175 Å². The van der Waals surface area contributed by atoms with Gasteiger partial charge >= 0.3 is 0 Å². The maximum atomic E-state index is 13.0. The molecule has 0 spiro atoms. The topological polar surface area (TPSA) is 60.2 Å². The molecular formula is C22H25BrN4O. The Kier molecular flexibility index (Phi) is 6.48. The molecule has 2 heterocycles. The van der Waals surface area contributed by atoms with E-state index in [1.54, 1.807) is 0 Å². The van der Waals surface area contributed by atoms with Crippen LogP contribution in [0.1, 0.15) is 29.9 Å². The van der Waals surface area contributed by atoms with Crippen LogP contribution in [-0.4, -0.2) is 52.9 Å². The summed E-state index contributed by atoms with van der Waals surface area (Å²) in [4.78, 5) is 21.7. The number of carbonyl (C=O) groups excluding carboxylic acids is 1. The average molecular weight is 441 g/mol. The van der Waals surface area contributed by atoms with E-state index in [2.05, 4.69) is 45.7 Å². The number of amides is 1. The molecule has 0 N–H and O–H groups in total. The molecule has 5 nitrogen and oxygen atoms in total. The van der Waals surface area contributed by atoms with Crippen molar-refractivity contribution in [3.8, 4) is 17.3 Å². The van der Waals surface area contributed by atoms with Crippen molar-refractivity contribution >= 4 is 21.8 Å². The van der Waals surface area contributed by atoms with Crippen molar-refractivity contribution in [1.82, 2.24) is 14.8 Å². The zero-order chi connectivity index (χ0) is 20.3. The van der Waals surface area contributed by atoms with Crippen molar-refractivity contribution < 1.29 is 4.79 Å². The molecule has 1 aliphatic rings. The third-order valence-electron chi connectivity index (χ3n) is 5.20. The van der Waals surface area contributed by atoms with Gasteiger partial charge in [-0.15, -0.1) is 0 Å². The highest BCUT2D eigenvalue weighted by Gasteiger charge is 2.28. The Morgan fingerprint density at radius 1 is 1.18 bits per heavy atom. The summed E-state index contributed by atoms with van der Waals surface area (Å²) in [6.07, 6.45) is 0. The van der Waals surface area contributed by atoms with Gasteiger partial charge in [-0.2, -0.15) is 5.26 Å². The Hall–Kier alpha value is -2.23. The number of hydrogen-bond acceptors (Lipinski definition) is 4. The van der Waals surface area contributed by atoms with Gasteiger partial charge in [0.2, 0.25) is 0 Å². The molecule has 146 valence electrons. The van der Waals surface area contributed by atoms with Crippen molar-refractivity contribution in [1.29, 1.82) is 5.26 Å². The standard InChI is InChI=1S/C22H25BrN4O/c1-15(2)21(14-24)26-9-11-27(12-10-26)22(28)19-7-8-20(25-16(19)3)17-5-4-6-18(23)13-17/h4-8,13,15,21H,9-12H2,1-3H3. The zero-order valence-corrected chi connectivity index (χ0v) is 18.1. The lowest BCUT2D eigenvalue weighted by molar-refractivity contribution is 0.0575. The third kappa shape index (κ3) is 4.43. The Morgan fingerprint density at radius 3 is 2.46 bits per heavy atom. The van der Waals surface area contributed by atoms with Gasteiger partial charge in [-0.1, -0.05) is 41.9 Å². The van der Waals surface area contributed by atoms with E-state index in [4.69, 9.17) is 0 Å². The summed E-state index contributed by atoms with van der Waals surface area (Å²) in [5.74, 6) is 0.299. The number of carbonyl (C=O) groups is 1. The molecule has 0 bridgehead atoms.